The highest BCUT2D eigenvalue weighted by Crippen LogP contribution is 2.36. The highest BCUT2D eigenvalue weighted by Gasteiger charge is 2.37. The minimum absolute atomic E-state index is 0.00362. The Balaban J connectivity index is 1.34. The van der Waals surface area contributed by atoms with E-state index in [0.717, 1.165) is 17.6 Å². The Hall–Kier alpha value is -3.68. The molecule has 0 saturated carbocycles. The molecule has 2 aliphatic rings. The number of hydrogen-bond acceptors (Lipinski definition) is 4. The average molecular weight is 414 g/mol. The summed E-state index contributed by atoms with van der Waals surface area (Å²) >= 11 is 0. The van der Waals surface area contributed by atoms with Crippen LogP contribution in [0.2, 0.25) is 0 Å². The molecule has 0 unspecified atom stereocenters. The molecule has 1 amide bonds. The number of rotatable bonds is 2. The SMILES string of the molecule is Cn1ccnc1-c1ccc2n(c1=O)C[C@H]1C[C@@H]2CN(C(=O)c2cnn3ccccc23)C1. The van der Waals surface area contributed by atoms with E-state index in [0.29, 0.717) is 36.6 Å². The topological polar surface area (TPSA) is 77.4 Å². The molecule has 2 bridgehead atoms. The third kappa shape index (κ3) is 2.74. The molecular weight excluding hydrogens is 392 g/mol. The summed E-state index contributed by atoms with van der Waals surface area (Å²) in [4.78, 5) is 32.9. The van der Waals surface area contributed by atoms with E-state index < -0.39 is 0 Å². The van der Waals surface area contributed by atoms with Gasteiger partial charge in [-0.25, -0.2) is 9.50 Å². The van der Waals surface area contributed by atoms with E-state index in [1.54, 1.807) is 16.9 Å². The van der Waals surface area contributed by atoms with Gasteiger partial charge < -0.3 is 14.0 Å². The molecule has 6 rings (SSSR count). The number of piperidine rings is 1. The van der Waals surface area contributed by atoms with Gasteiger partial charge in [0.1, 0.15) is 5.82 Å². The van der Waals surface area contributed by atoms with Crippen molar-refractivity contribution in [1.29, 1.82) is 0 Å². The number of carbonyl (C=O) groups is 1. The normalized spacial score (nSPS) is 20.1. The predicted molar refractivity (Wildman–Crippen MR) is 115 cm³/mol. The molecule has 1 saturated heterocycles. The van der Waals surface area contributed by atoms with Crippen molar-refractivity contribution in [2.75, 3.05) is 13.1 Å². The van der Waals surface area contributed by atoms with Crippen LogP contribution in [0.4, 0.5) is 0 Å². The molecule has 2 aliphatic heterocycles. The number of aromatic nitrogens is 5. The summed E-state index contributed by atoms with van der Waals surface area (Å²) < 4.78 is 5.50. The van der Waals surface area contributed by atoms with Crippen LogP contribution >= 0.6 is 0 Å². The third-order valence-corrected chi connectivity index (χ3v) is 6.61. The molecule has 0 aliphatic carbocycles. The predicted octanol–water partition coefficient (Wildman–Crippen LogP) is 2.16. The monoisotopic (exact) mass is 414 g/mol. The van der Waals surface area contributed by atoms with E-state index in [1.807, 2.05) is 63.8 Å². The molecule has 0 spiro atoms. The van der Waals surface area contributed by atoms with E-state index in [-0.39, 0.29) is 23.3 Å². The Morgan fingerprint density at radius 1 is 1.10 bits per heavy atom. The molecule has 4 aromatic rings. The summed E-state index contributed by atoms with van der Waals surface area (Å²) in [7, 11) is 1.89. The zero-order valence-corrected chi connectivity index (χ0v) is 17.2. The second-order valence-corrected chi connectivity index (χ2v) is 8.55. The molecule has 8 heteroatoms. The fraction of sp³-hybridized carbons (Fsp3) is 0.304. The summed E-state index contributed by atoms with van der Waals surface area (Å²) in [6, 6.07) is 9.64. The van der Waals surface area contributed by atoms with Crippen LogP contribution < -0.4 is 5.56 Å². The van der Waals surface area contributed by atoms with E-state index in [9.17, 15) is 9.59 Å². The Kier molecular flexibility index (Phi) is 3.89. The molecule has 31 heavy (non-hydrogen) atoms. The van der Waals surface area contributed by atoms with Crippen molar-refractivity contribution in [3.63, 3.8) is 0 Å². The van der Waals surface area contributed by atoms with Crippen LogP contribution in [-0.4, -0.2) is 47.6 Å². The first-order valence-electron chi connectivity index (χ1n) is 10.5. The van der Waals surface area contributed by atoms with Gasteiger partial charge >= 0.3 is 0 Å². The second-order valence-electron chi connectivity index (χ2n) is 8.55. The highest BCUT2D eigenvalue weighted by atomic mass is 16.2. The van der Waals surface area contributed by atoms with Crippen LogP contribution in [0.15, 0.2) is 59.9 Å². The lowest BCUT2D eigenvalue weighted by molar-refractivity contribution is 0.0596. The first kappa shape index (κ1) is 18.1. The highest BCUT2D eigenvalue weighted by molar-refractivity contribution is 6.00. The van der Waals surface area contributed by atoms with Crippen LogP contribution in [0.3, 0.4) is 0 Å². The Morgan fingerprint density at radius 2 is 2.00 bits per heavy atom. The van der Waals surface area contributed by atoms with Gasteiger partial charge in [0.15, 0.2) is 0 Å². The first-order chi connectivity index (χ1) is 15.1. The van der Waals surface area contributed by atoms with E-state index >= 15 is 0 Å². The molecular formula is C23H22N6O2. The number of nitrogens with zero attached hydrogens (tertiary/aromatic N) is 6. The van der Waals surface area contributed by atoms with Crippen LogP contribution in [0.25, 0.3) is 16.9 Å². The maximum Gasteiger partial charge on any atom is 0.261 e. The maximum absolute atomic E-state index is 13.3. The van der Waals surface area contributed by atoms with Crippen LogP contribution in [-0.2, 0) is 13.6 Å². The number of hydrogen-bond donors (Lipinski definition) is 0. The van der Waals surface area contributed by atoms with Gasteiger partial charge in [-0.1, -0.05) is 6.07 Å². The van der Waals surface area contributed by atoms with Gasteiger partial charge in [-0.15, -0.1) is 0 Å². The number of aryl methyl sites for hydroxylation is 1. The van der Waals surface area contributed by atoms with Gasteiger partial charge in [0.25, 0.3) is 11.5 Å². The number of carbonyl (C=O) groups excluding carboxylic acids is 1. The fourth-order valence-electron chi connectivity index (χ4n) is 5.18. The standard InChI is InChI=1S/C23H22N6O2/c1-26-9-7-24-21(26)17-5-6-19-16-10-15(13-28(19)23(17)31)12-27(14-16)22(30)18-11-25-29-8-3-2-4-20(18)29/h2-9,11,15-16H,10,12-14H2,1H3/t15-,16+/m0/s1. The first-order valence-corrected chi connectivity index (χ1v) is 10.5. The van der Waals surface area contributed by atoms with Crippen molar-refractivity contribution < 1.29 is 4.79 Å². The summed E-state index contributed by atoms with van der Waals surface area (Å²) in [5.74, 6) is 1.10. The van der Waals surface area contributed by atoms with Crippen molar-refractivity contribution in [3.05, 3.63) is 76.7 Å². The minimum Gasteiger partial charge on any atom is -0.338 e. The Morgan fingerprint density at radius 3 is 2.84 bits per heavy atom. The molecule has 156 valence electrons. The molecule has 0 aromatic carbocycles. The molecule has 0 radical (unpaired) electrons. The van der Waals surface area contributed by atoms with Gasteiger partial charge in [0.2, 0.25) is 0 Å². The molecule has 4 aromatic heterocycles. The van der Waals surface area contributed by atoms with Gasteiger partial charge in [-0.2, -0.15) is 5.10 Å². The second kappa shape index (κ2) is 6.66. The van der Waals surface area contributed by atoms with Gasteiger partial charge in [0, 0.05) is 56.9 Å². The summed E-state index contributed by atoms with van der Waals surface area (Å²) in [5.41, 5.74) is 3.08. The van der Waals surface area contributed by atoms with E-state index in [1.165, 1.54) is 0 Å². The van der Waals surface area contributed by atoms with Crippen molar-refractivity contribution in [2.45, 2.75) is 18.9 Å². The van der Waals surface area contributed by atoms with Crippen molar-refractivity contribution >= 4 is 11.4 Å². The zero-order chi connectivity index (χ0) is 21.1. The van der Waals surface area contributed by atoms with E-state index in [2.05, 4.69) is 10.1 Å². The quantitative estimate of drug-likeness (QED) is 0.504. The van der Waals surface area contributed by atoms with Gasteiger partial charge in [-0.05, 0) is 36.6 Å². The fourth-order valence-corrected chi connectivity index (χ4v) is 5.18. The summed E-state index contributed by atoms with van der Waals surface area (Å²) in [6.45, 7) is 1.89. The molecule has 2 atom stereocenters. The van der Waals surface area contributed by atoms with E-state index in [4.69, 9.17) is 0 Å². The van der Waals surface area contributed by atoms with Gasteiger partial charge in [-0.3, -0.25) is 9.59 Å². The number of amides is 1. The maximum atomic E-state index is 13.3. The lowest BCUT2D eigenvalue weighted by Crippen LogP contribution is -2.49. The lowest BCUT2D eigenvalue weighted by atomic mass is 9.82. The lowest BCUT2D eigenvalue weighted by Gasteiger charge is -2.42. The number of pyridine rings is 2. The largest absolute Gasteiger partial charge is 0.338 e. The Labute approximate surface area is 178 Å². The molecule has 8 nitrogen and oxygen atoms in total. The van der Waals surface area contributed by atoms with Crippen LogP contribution in [0.1, 0.15) is 28.4 Å². The van der Waals surface area contributed by atoms with Crippen molar-refractivity contribution in [1.82, 2.24) is 28.6 Å². The smallest absolute Gasteiger partial charge is 0.261 e. The zero-order valence-electron chi connectivity index (χ0n) is 17.2. The average Bonchev–Trinajstić information content (AvgIpc) is 3.40. The molecule has 0 N–H and O–H groups in total. The van der Waals surface area contributed by atoms with Crippen molar-refractivity contribution in [3.8, 4) is 11.4 Å². The minimum atomic E-state index is 0.00362. The molecule has 6 heterocycles. The molecule has 1 fully saturated rings. The third-order valence-electron chi connectivity index (χ3n) is 6.61. The Bertz CT molecular complexity index is 1380. The number of likely N-dealkylation sites (tertiary alicyclic amines) is 1. The summed E-state index contributed by atoms with van der Waals surface area (Å²) in [6.07, 6.45) is 8.05. The van der Waals surface area contributed by atoms with Crippen LogP contribution in [0, 0.1) is 5.92 Å². The number of fused-ring (bicyclic) bond motifs is 5. The van der Waals surface area contributed by atoms with Gasteiger partial charge in [0.05, 0.1) is 22.8 Å². The van der Waals surface area contributed by atoms with Crippen molar-refractivity contribution in [2.24, 2.45) is 13.0 Å². The number of imidazole rings is 1. The van der Waals surface area contributed by atoms with Crippen LogP contribution in [0.5, 0.6) is 0 Å². The summed E-state index contributed by atoms with van der Waals surface area (Å²) in [5, 5.41) is 4.31.